The fourth-order valence-electron chi connectivity index (χ4n) is 3.77. The summed E-state index contributed by atoms with van der Waals surface area (Å²) in [5, 5.41) is 46.4. The molecule has 1 aromatic carbocycles. The van der Waals surface area contributed by atoms with Gasteiger partial charge in [-0.05, 0) is 36.3 Å². The lowest BCUT2D eigenvalue weighted by molar-refractivity contribution is -0.393. The highest BCUT2D eigenvalue weighted by Crippen LogP contribution is 2.34. The van der Waals surface area contributed by atoms with Crippen molar-refractivity contribution in [2.24, 2.45) is 10.2 Å². The summed E-state index contributed by atoms with van der Waals surface area (Å²) in [6.07, 6.45) is 11.0. The van der Waals surface area contributed by atoms with Crippen molar-refractivity contribution in [1.82, 2.24) is 15.6 Å². The molecule has 0 saturated heterocycles. The Labute approximate surface area is 231 Å². The van der Waals surface area contributed by atoms with Crippen molar-refractivity contribution >= 4 is 28.8 Å². The lowest BCUT2D eigenvalue weighted by Gasteiger charge is -2.14. The molecular formula is C25H24N8O8. The van der Waals surface area contributed by atoms with E-state index in [4.69, 9.17) is 14.6 Å². The molecule has 16 heteroatoms. The van der Waals surface area contributed by atoms with E-state index in [1.807, 2.05) is 18.2 Å². The van der Waals surface area contributed by atoms with Gasteiger partial charge in [-0.15, -0.1) is 5.11 Å². The molecule has 2 aliphatic rings. The third kappa shape index (κ3) is 6.69. The highest BCUT2D eigenvalue weighted by Gasteiger charge is 2.25. The number of nitro benzene ring substituents is 2. The van der Waals surface area contributed by atoms with Crippen molar-refractivity contribution in [2.45, 2.75) is 13.3 Å². The minimum atomic E-state index is -0.759. The summed E-state index contributed by atoms with van der Waals surface area (Å²) in [5.41, 5.74) is 7.34. The number of fused-ring (bicyclic) bond motifs is 2. The number of aromatic nitrogens is 2. The first-order chi connectivity index (χ1) is 19.8. The van der Waals surface area contributed by atoms with E-state index in [2.05, 4.69) is 31.3 Å². The van der Waals surface area contributed by atoms with E-state index >= 15 is 0 Å². The van der Waals surface area contributed by atoms with Crippen LogP contribution in [0.3, 0.4) is 0 Å². The van der Waals surface area contributed by atoms with Crippen LogP contribution in [0.25, 0.3) is 0 Å². The van der Waals surface area contributed by atoms with Gasteiger partial charge in [-0.3, -0.25) is 31.1 Å². The van der Waals surface area contributed by atoms with Gasteiger partial charge in [0.05, 0.1) is 40.5 Å². The standard InChI is InChI=1S/C25H24N8O8/c1-2-40-25(35)22-23(30-31-24(22)41-12-11-34)29-27-19-10-9-18(15-5-3-4-6-16(19)13-15)26-28-20-8-7-17(32(36)37)14-21(20)33(38)39/h3-10,14,27,34H,2,11-13H2,1H3,(H2,29,30,31). The van der Waals surface area contributed by atoms with E-state index in [9.17, 15) is 25.0 Å². The number of rotatable bonds is 12. The number of nitro groups is 2. The maximum atomic E-state index is 12.5. The fourth-order valence-corrected chi connectivity index (χ4v) is 3.77. The van der Waals surface area contributed by atoms with Gasteiger partial charge in [0, 0.05) is 12.5 Å². The molecule has 212 valence electrons. The van der Waals surface area contributed by atoms with Crippen LogP contribution in [0, 0.1) is 20.2 Å². The molecule has 2 aromatic rings. The van der Waals surface area contributed by atoms with Gasteiger partial charge in [0.15, 0.2) is 17.1 Å². The second-order valence-electron chi connectivity index (χ2n) is 8.28. The van der Waals surface area contributed by atoms with Gasteiger partial charge < -0.3 is 14.6 Å². The number of nitrogens with zero attached hydrogens (tertiary/aromatic N) is 5. The summed E-state index contributed by atoms with van der Waals surface area (Å²) in [4.78, 5) is 33.5. The number of benzene rings is 1. The molecule has 0 aliphatic heterocycles. The Hall–Kier alpha value is -5.64. The number of allylic oxidation sites excluding steroid dienone is 8. The number of hydrogen-bond acceptors (Lipinski definition) is 13. The molecule has 1 heterocycles. The number of esters is 1. The van der Waals surface area contributed by atoms with E-state index in [-0.39, 0.29) is 42.8 Å². The van der Waals surface area contributed by atoms with Crippen LogP contribution in [0.1, 0.15) is 23.7 Å². The van der Waals surface area contributed by atoms with Gasteiger partial charge in [-0.25, -0.2) is 9.89 Å². The number of aliphatic hydroxyl groups excluding tert-OH is 1. The van der Waals surface area contributed by atoms with E-state index < -0.39 is 27.2 Å². The molecule has 0 amide bonds. The van der Waals surface area contributed by atoms with Gasteiger partial charge in [-0.2, -0.15) is 10.2 Å². The monoisotopic (exact) mass is 564 g/mol. The van der Waals surface area contributed by atoms with E-state index in [0.717, 1.165) is 23.3 Å². The molecule has 2 bridgehead atoms. The first-order valence-electron chi connectivity index (χ1n) is 12.2. The van der Waals surface area contributed by atoms with E-state index in [1.165, 1.54) is 6.07 Å². The number of azo groups is 1. The molecule has 1 aromatic heterocycles. The highest BCUT2D eigenvalue weighted by molar-refractivity contribution is 5.97. The Morgan fingerprint density at radius 1 is 1.10 bits per heavy atom. The summed E-state index contributed by atoms with van der Waals surface area (Å²) in [5.74, 6) is -0.559. The summed E-state index contributed by atoms with van der Waals surface area (Å²) in [6, 6.07) is 3.11. The Balaban J connectivity index is 1.61. The van der Waals surface area contributed by atoms with Crippen molar-refractivity contribution in [3.05, 3.63) is 103 Å². The SMILES string of the molecule is CCOC(=O)c1c(NNC2=CC=C(N=Nc3ccc([N+](=O)[O-])cc3[N+](=O)[O-])C3=CC=CC=C2C3)n[nH]c1OCCO. The Kier molecular flexibility index (Phi) is 8.95. The average molecular weight is 565 g/mol. The number of hydrogen-bond donors (Lipinski definition) is 4. The molecule has 2 aliphatic carbocycles. The summed E-state index contributed by atoms with van der Waals surface area (Å²) in [7, 11) is 0. The molecule has 0 atom stereocenters. The van der Waals surface area contributed by atoms with E-state index in [0.29, 0.717) is 17.8 Å². The molecule has 4 rings (SSSR count). The third-order valence-electron chi connectivity index (χ3n) is 5.67. The summed E-state index contributed by atoms with van der Waals surface area (Å²) >= 11 is 0. The van der Waals surface area contributed by atoms with Crippen LogP contribution in [0.5, 0.6) is 5.88 Å². The van der Waals surface area contributed by atoms with Crippen LogP contribution < -0.4 is 15.6 Å². The molecule has 4 N–H and O–H groups in total. The zero-order valence-corrected chi connectivity index (χ0v) is 21.6. The van der Waals surface area contributed by atoms with Crippen molar-refractivity contribution in [1.29, 1.82) is 0 Å². The van der Waals surface area contributed by atoms with Crippen LogP contribution in [0.4, 0.5) is 22.9 Å². The minimum absolute atomic E-state index is 0.00655. The molecule has 0 fully saturated rings. The number of anilines is 1. The number of carbonyl (C=O) groups is 1. The maximum absolute atomic E-state index is 12.5. The number of aliphatic hydroxyl groups is 1. The van der Waals surface area contributed by atoms with Crippen molar-refractivity contribution in [2.75, 3.05) is 25.2 Å². The Morgan fingerprint density at radius 2 is 1.88 bits per heavy atom. The predicted molar refractivity (Wildman–Crippen MR) is 144 cm³/mol. The quantitative estimate of drug-likeness (QED) is 0.124. The lowest BCUT2D eigenvalue weighted by atomic mass is 10.0. The van der Waals surface area contributed by atoms with Crippen LogP contribution >= 0.6 is 0 Å². The number of ether oxygens (including phenoxy) is 2. The Bertz CT molecular complexity index is 1550. The van der Waals surface area contributed by atoms with Gasteiger partial charge in [0.25, 0.3) is 5.69 Å². The largest absolute Gasteiger partial charge is 0.475 e. The molecule has 0 radical (unpaired) electrons. The molecule has 16 nitrogen and oxygen atoms in total. The lowest BCUT2D eigenvalue weighted by Crippen LogP contribution is -2.24. The van der Waals surface area contributed by atoms with Gasteiger partial charge in [-0.1, -0.05) is 24.3 Å². The van der Waals surface area contributed by atoms with Gasteiger partial charge in [0.2, 0.25) is 5.88 Å². The minimum Gasteiger partial charge on any atom is -0.475 e. The first-order valence-corrected chi connectivity index (χ1v) is 12.2. The van der Waals surface area contributed by atoms with Crippen LogP contribution in [-0.2, 0) is 4.74 Å². The smallest absolute Gasteiger partial charge is 0.347 e. The predicted octanol–water partition coefficient (Wildman–Crippen LogP) is 4.07. The fraction of sp³-hybridized carbons (Fsp3) is 0.200. The topological polar surface area (TPSA) is 219 Å². The second kappa shape index (κ2) is 12.9. The van der Waals surface area contributed by atoms with Crippen molar-refractivity contribution in [3.8, 4) is 5.88 Å². The Morgan fingerprint density at radius 3 is 2.59 bits per heavy atom. The van der Waals surface area contributed by atoms with Crippen molar-refractivity contribution in [3.63, 3.8) is 0 Å². The van der Waals surface area contributed by atoms with Crippen LogP contribution in [0.2, 0.25) is 0 Å². The zero-order valence-electron chi connectivity index (χ0n) is 21.6. The van der Waals surface area contributed by atoms with Gasteiger partial charge in [0.1, 0.15) is 6.61 Å². The number of carbonyl (C=O) groups excluding carboxylic acids is 1. The highest BCUT2D eigenvalue weighted by atomic mass is 16.6. The third-order valence-corrected chi connectivity index (χ3v) is 5.67. The zero-order chi connectivity index (χ0) is 29.4. The number of non-ortho nitro benzene ring substituents is 1. The molecule has 0 unspecified atom stereocenters. The molecular weight excluding hydrogens is 540 g/mol. The van der Waals surface area contributed by atoms with Crippen LogP contribution in [-0.4, -0.2) is 50.9 Å². The molecule has 0 spiro atoms. The first kappa shape index (κ1) is 28.4. The van der Waals surface area contributed by atoms with Crippen molar-refractivity contribution < 1.29 is 29.2 Å². The normalized spacial score (nSPS) is 14.2. The average Bonchev–Trinajstić information content (AvgIpc) is 3.10. The summed E-state index contributed by atoms with van der Waals surface area (Å²) in [6.45, 7) is 1.45. The number of aromatic amines is 1. The summed E-state index contributed by atoms with van der Waals surface area (Å²) < 4.78 is 10.5. The molecule has 41 heavy (non-hydrogen) atoms. The maximum Gasteiger partial charge on any atom is 0.347 e. The number of nitrogens with one attached hydrogen (secondary N) is 3. The van der Waals surface area contributed by atoms with Crippen LogP contribution in [0.15, 0.2) is 87.4 Å². The van der Waals surface area contributed by atoms with E-state index in [1.54, 1.807) is 25.2 Å². The second-order valence-corrected chi connectivity index (χ2v) is 8.28. The number of hydrazine groups is 1. The molecule has 0 saturated carbocycles. The van der Waals surface area contributed by atoms with Gasteiger partial charge >= 0.3 is 11.7 Å². The number of H-pyrrole nitrogens is 1.